The molecule has 0 spiro atoms. The lowest BCUT2D eigenvalue weighted by Gasteiger charge is -2.32. The molecule has 0 radical (unpaired) electrons. The van der Waals surface area contributed by atoms with Crippen molar-refractivity contribution in [2.24, 2.45) is 0 Å². The van der Waals surface area contributed by atoms with Crippen LogP contribution in [0.3, 0.4) is 0 Å². The molecule has 35 heavy (non-hydrogen) atoms. The van der Waals surface area contributed by atoms with Crippen LogP contribution in [0.5, 0.6) is 0 Å². The van der Waals surface area contributed by atoms with Gasteiger partial charge in [0.05, 0.1) is 22.1 Å². The number of hydrogen-bond acceptors (Lipinski definition) is 8. The molecular weight excluding hydrogens is 497 g/mol. The number of carbonyl (C=O) groups is 2. The number of nitriles is 1. The van der Waals surface area contributed by atoms with Crippen LogP contribution in [0.25, 0.3) is 10.2 Å². The molecule has 9 nitrogen and oxygen atoms in total. The van der Waals surface area contributed by atoms with Gasteiger partial charge >= 0.3 is 11.9 Å². The number of thiophene rings is 1. The van der Waals surface area contributed by atoms with E-state index in [4.69, 9.17) is 36.9 Å². The van der Waals surface area contributed by atoms with Crippen LogP contribution in [0, 0.1) is 17.1 Å². The Labute approximate surface area is 224 Å². The summed E-state index contributed by atoms with van der Waals surface area (Å²) in [6.07, 6.45) is -3.70. The predicted molar refractivity (Wildman–Crippen MR) is 130 cm³/mol. The predicted octanol–water partition coefficient (Wildman–Crippen LogP) is 4.14. The van der Waals surface area contributed by atoms with E-state index in [0.717, 1.165) is 22.6 Å². The zero-order valence-corrected chi connectivity index (χ0v) is 18.9. The highest BCUT2D eigenvalue weighted by atomic mass is 35.5. The van der Waals surface area contributed by atoms with Gasteiger partial charge in [-0.2, -0.15) is 5.26 Å². The van der Waals surface area contributed by atoms with E-state index >= 15 is 0 Å². The number of fused-ring (bicyclic) bond motifs is 1. The number of rotatable bonds is 6. The third kappa shape index (κ3) is 7.71. The Morgan fingerprint density at radius 2 is 2.09 bits per heavy atom. The first-order chi connectivity index (χ1) is 21.1. The van der Waals surface area contributed by atoms with Gasteiger partial charge in [-0.05, 0) is 36.4 Å². The Bertz CT molecular complexity index is 1760. The van der Waals surface area contributed by atoms with Crippen LogP contribution in [-0.2, 0) is 16.1 Å². The minimum Gasteiger partial charge on any atom is -0.478 e. The number of carboxylic acid groups (broad SMARTS) is 2. The number of anilines is 1. The summed E-state index contributed by atoms with van der Waals surface area (Å²) in [5.41, 5.74) is -1.47. The lowest BCUT2D eigenvalue weighted by molar-refractivity contribution is -0.134. The first-order valence-corrected chi connectivity index (χ1v) is 10.5. The fourth-order valence-electron chi connectivity index (χ4n) is 2.46. The molecule has 182 valence electrons. The molecule has 1 unspecified atom stereocenters. The van der Waals surface area contributed by atoms with Gasteiger partial charge in [0.1, 0.15) is 28.9 Å². The summed E-state index contributed by atoms with van der Waals surface area (Å²) >= 11 is 6.91. The largest absolute Gasteiger partial charge is 0.478 e. The summed E-state index contributed by atoms with van der Waals surface area (Å²) < 4.78 is 107. The van der Waals surface area contributed by atoms with Crippen molar-refractivity contribution in [2.45, 2.75) is 25.3 Å². The normalized spacial score (nSPS) is 23.5. The molecule has 1 aliphatic rings. The number of likely N-dealkylation sites (tertiary alicyclic amines) is 1. The number of carboxylic acids is 2. The van der Waals surface area contributed by atoms with E-state index in [-0.39, 0.29) is 25.9 Å². The van der Waals surface area contributed by atoms with E-state index in [1.54, 1.807) is 0 Å². The lowest BCUT2D eigenvalue weighted by atomic mass is 10.0. The summed E-state index contributed by atoms with van der Waals surface area (Å²) in [6, 6.07) is -4.61. The van der Waals surface area contributed by atoms with Gasteiger partial charge in [0.15, 0.2) is 1.41 Å². The minimum absolute atomic E-state index is 0.00858. The fraction of sp³-hybridized carbons (Fsp3) is 0.261. The second-order valence-corrected chi connectivity index (χ2v) is 7.93. The average Bonchev–Trinajstić information content (AvgIpc) is 3.26. The molecule has 12 heteroatoms. The number of piperidine rings is 1. The second-order valence-electron chi connectivity index (χ2n) is 6.33. The molecule has 1 saturated heterocycles. The molecule has 0 saturated carbocycles. The van der Waals surface area contributed by atoms with Crippen molar-refractivity contribution >= 4 is 50.9 Å². The Morgan fingerprint density at radius 1 is 1.40 bits per heavy atom. The lowest BCUT2D eigenvalue weighted by Crippen LogP contribution is -2.38. The standard InChI is InChI=1S/C19H17ClFN5S.C4H4O4/c20-17-8-15-18(23-11-24-19(15)27-17)25-14-3-5-26(6-4-14)10-12-1-2-16(21)13(7-12)9-22;5-3(6)1-2-4(7)8/h1-2,7-8,11,14H,3-6,10H2,(H,23,24,25);1-2H,(H,5,6)(H,7,8)/b;2-1-/i1D,2D,3D2,4D2,7D,8D,10D,14D;/hD. The average molecular weight is 529 g/mol. The maximum Gasteiger partial charge on any atom is 0.328 e. The van der Waals surface area contributed by atoms with Gasteiger partial charge in [0.25, 0.3) is 0 Å². The molecule has 2 aromatic heterocycles. The third-order valence-electron chi connectivity index (χ3n) is 3.90. The zero-order chi connectivity index (χ0) is 35.1. The molecular formula is C23H21ClFN5O4S. The molecule has 0 bridgehead atoms. The highest BCUT2D eigenvalue weighted by molar-refractivity contribution is 7.22. The zero-order valence-electron chi connectivity index (χ0n) is 28.3. The Kier molecular flexibility index (Phi) is 5.14. The maximum absolute atomic E-state index is 14.2. The van der Waals surface area contributed by atoms with Crippen LogP contribution in [0.15, 0.2) is 42.6 Å². The summed E-state index contributed by atoms with van der Waals surface area (Å²) in [5.74, 6) is -4.34. The van der Waals surface area contributed by atoms with Crippen LogP contribution in [0.4, 0.5) is 10.2 Å². The van der Waals surface area contributed by atoms with Crippen molar-refractivity contribution in [1.29, 1.82) is 5.26 Å². The van der Waals surface area contributed by atoms with E-state index in [2.05, 4.69) is 9.97 Å². The molecule has 3 N–H and O–H groups in total. The number of halogens is 2. The van der Waals surface area contributed by atoms with Crippen molar-refractivity contribution < 1.29 is 39.3 Å². The molecule has 3 aromatic rings. The smallest absolute Gasteiger partial charge is 0.328 e. The Balaban J connectivity index is 0.000000637. The number of hydrogen-bond donors (Lipinski definition) is 3. The molecule has 3 heterocycles. The highest BCUT2D eigenvalue weighted by Crippen LogP contribution is 2.32. The van der Waals surface area contributed by atoms with E-state index in [1.165, 1.54) is 6.07 Å². The van der Waals surface area contributed by atoms with Crippen LogP contribution in [-0.4, -0.2) is 56.1 Å². The topological polar surface area (TPSA) is 139 Å². The van der Waals surface area contributed by atoms with Gasteiger partial charge in [-0.3, -0.25) is 4.90 Å². The van der Waals surface area contributed by atoms with Gasteiger partial charge in [-0.15, -0.1) is 11.3 Å². The van der Waals surface area contributed by atoms with E-state index in [1.807, 2.05) is 0 Å². The quantitative estimate of drug-likeness (QED) is 0.402. The molecule has 0 aliphatic carbocycles. The number of benzene rings is 1. The number of nitrogens with one attached hydrogen (secondary N) is 1. The molecule has 1 atom stereocenters. The Hall–Kier alpha value is -3.59. The van der Waals surface area contributed by atoms with Gasteiger partial charge in [0, 0.05) is 44.6 Å². The first kappa shape index (κ1) is 14.7. The summed E-state index contributed by atoms with van der Waals surface area (Å²) in [5, 5.41) is 25.0. The van der Waals surface area contributed by atoms with Gasteiger partial charge in [0.2, 0.25) is 0 Å². The first-order valence-electron chi connectivity index (χ1n) is 14.8. The van der Waals surface area contributed by atoms with E-state index in [0.29, 0.717) is 12.2 Å². The van der Waals surface area contributed by atoms with Crippen molar-refractivity contribution in [2.75, 3.05) is 18.4 Å². The molecule has 1 fully saturated rings. The van der Waals surface area contributed by atoms with Crippen LogP contribution in [0.2, 0.25) is 5.75 Å². The second kappa shape index (κ2) is 12.2. The molecule has 4 rings (SSSR count). The third-order valence-corrected chi connectivity index (χ3v) is 5.01. The molecule has 1 aromatic carbocycles. The number of aromatic nitrogens is 2. The van der Waals surface area contributed by atoms with Gasteiger partial charge < -0.3 is 15.5 Å². The minimum atomic E-state index is -2.99. The van der Waals surface area contributed by atoms with Crippen molar-refractivity contribution in [3.63, 3.8) is 0 Å². The van der Waals surface area contributed by atoms with Crippen molar-refractivity contribution in [1.82, 2.24) is 14.9 Å². The summed E-state index contributed by atoms with van der Waals surface area (Å²) in [6.45, 7) is -3.57. The van der Waals surface area contributed by atoms with Crippen molar-refractivity contribution in [3.8, 4) is 6.07 Å². The monoisotopic (exact) mass is 528 g/mol. The summed E-state index contributed by atoms with van der Waals surface area (Å²) in [4.78, 5) is 28.0. The van der Waals surface area contributed by atoms with Crippen LogP contribution >= 0.6 is 22.9 Å². The number of aliphatic carboxylic acids is 2. The molecule has 0 amide bonds. The van der Waals surface area contributed by atoms with Crippen molar-refractivity contribution in [3.05, 3.63) is 63.9 Å². The highest BCUT2D eigenvalue weighted by Gasteiger charge is 2.21. The van der Waals surface area contributed by atoms with E-state index in [9.17, 15) is 19.2 Å². The maximum atomic E-state index is 14.2. The van der Waals surface area contributed by atoms with Crippen LogP contribution in [0.1, 0.15) is 37.6 Å². The van der Waals surface area contributed by atoms with E-state index < -0.39 is 91.2 Å². The van der Waals surface area contributed by atoms with Gasteiger partial charge in [-0.25, -0.2) is 23.9 Å². The SMILES string of the molecule is O=C(O)/C=C\C(=O)O.[2H]c1c([2H])c(C([2H])N2CC([2H])([2H])C([2H])(N([2H])c3ncnc4sc(Cl)c([2H])c34)C([2H])([2H])C2)c([2H])c(C#N)c1F. The molecule has 1 aliphatic heterocycles. The van der Waals surface area contributed by atoms with Crippen LogP contribution < -0.4 is 5.31 Å². The number of nitrogens with zero attached hydrogens (tertiary/aromatic N) is 4. The van der Waals surface area contributed by atoms with Gasteiger partial charge in [-0.1, -0.05) is 17.6 Å². The Morgan fingerprint density at radius 3 is 2.71 bits per heavy atom. The summed E-state index contributed by atoms with van der Waals surface area (Å²) in [7, 11) is 0. The fourth-order valence-corrected chi connectivity index (χ4v) is 3.44.